The van der Waals surface area contributed by atoms with Crippen LogP contribution < -0.4 is 0 Å². The fraction of sp³-hybridized carbons (Fsp3) is 0.133. The van der Waals surface area contributed by atoms with Crippen LogP contribution in [-0.2, 0) is 11.2 Å². The van der Waals surface area contributed by atoms with E-state index in [-0.39, 0.29) is 6.42 Å². The lowest BCUT2D eigenvalue weighted by Crippen LogP contribution is -2.15. The third-order valence-corrected chi connectivity index (χ3v) is 3.59. The topological polar surface area (TPSA) is 37.3 Å². The summed E-state index contributed by atoms with van der Waals surface area (Å²) >= 11 is 11.9. The van der Waals surface area contributed by atoms with Crippen molar-refractivity contribution in [3.63, 3.8) is 0 Å². The van der Waals surface area contributed by atoms with Gasteiger partial charge in [0.1, 0.15) is 5.82 Å². The molecular weight excluding hydrogens is 302 g/mol. The number of hydrogen-bond acceptors (Lipinski definition) is 1. The molecule has 1 atom stereocenters. The molecule has 2 nitrogen and oxygen atoms in total. The third-order valence-electron chi connectivity index (χ3n) is 3.01. The zero-order valence-corrected chi connectivity index (χ0v) is 11.8. The van der Waals surface area contributed by atoms with Crippen LogP contribution in [0.4, 0.5) is 4.39 Å². The van der Waals surface area contributed by atoms with Gasteiger partial charge in [0.05, 0.1) is 5.92 Å². The molecule has 0 bridgehead atoms. The van der Waals surface area contributed by atoms with Crippen molar-refractivity contribution < 1.29 is 14.3 Å². The van der Waals surface area contributed by atoms with E-state index in [4.69, 9.17) is 23.2 Å². The third kappa shape index (κ3) is 3.30. The molecule has 1 unspecified atom stereocenters. The van der Waals surface area contributed by atoms with Gasteiger partial charge in [-0.1, -0.05) is 41.4 Å². The van der Waals surface area contributed by atoms with Crippen molar-refractivity contribution in [2.24, 2.45) is 0 Å². The maximum atomic E-state index is 13.7. The second kappa shape index (κ2) is 6.25. The summed E-state index contributed by atoms with van der Waals surface area (Å²) in [6.45, 7) is 0. The largest absolute Gasteiger partial charge is 0.481 e. The molecule has 0 aliphatic rings. The maximum Gasteiger partial charge on any atom is 0.311 e. The molecule has 0 amide bonds. The predicted molar refractivity (Wildman–Crippen MR) is 76.9 cm³/mol. The number of aliphatic carboxylic acids is 1. The molecule has 0 radical (unpaired) electrons. The number of carboxylic acids is 1. The second-order valence-corrected chi connectivity index (χ2v) is 5.20. The Balaban J connectivity index is 2.40. The Hall–Kier alpha value is -1.58. The van der Waals surface area contributed by atoms with E-state index < -0.39 is 17.7 Å². The molecular formula is C15H11Cl2FO2. The highest BCUT2D eigenvalue weighted by Crippen LogP contribution is 2.31. The molecule has 20 heavy (non-hydrogen) atoms. The van der Waals surface area contributed by atoms with Crippen molar-refractivity contribution in [2.75, 3.05) is 0 Å². The number of hydrogen-bond donors (Lipinski definition) is 1. The van der Waals surface area contributed by atoms with Crippen molar-refractivity contribution in [3.8, 4) is 0 Å². The van der Waals surface area contributed by atoms with E-state index in [2.05, 4.69) is 0 Å². The molecule has 5 heteroatoms. The molecule has 2 rings (SSSR count). The predicted octanol–water partition coefficient (Wildman–Crippen LogP) is 4.54. The minimum atomic E-state index is -1.07. The van der Waals surface area contributed by atoms with Gasteiger partial charge in [0.25, 0.3) is 0 Å². The van der Waals surface area contributed by atoms with Gasteiger partial charge in [-0.05, 0) is 41.8 Å². The molecule has 2 aromatic rings. The number of rotatable bonds is 4. The molecule has 2 aromatic carbocycles. The molecule has 0 saturated carbocycles. The molecule has 0 spiro atoms. The Bertz CT molecular complexity index is 644. The van der Waals surface area contributed by atoms with Gasteiger partial charge in [-0.2, -0.15) is 0 Å². The normalized spacial score (nSPS) is 12.2. The Morgan fingerprint density at radius 3 is 2.55 bits per heavy atom. The fourth-order valence-corrected chi connectivity index (χ4v) is 2.43. The van der Waals surface area contributed by atoms with Crippen LogP contribution in [0.3, 0.4) is 0 Å². The van der Waals surface area contributed by atoms with Gasteiger partial charge in [0, 0.05) is 10.0 Å². The van der Waals surface area contributed by atoms with E-state index in [9.17, 15) is 14.3 Å². The molecule has 104 valence electrons. The van der Waals surface area contributed by atoms with Gasteiger partial charge in [-0.3, -0.25) is 4.79 Å². The van der Waals surface area contributed by atoms with Crippen molar-refractivity contribution in [1.29, 1.82) is 0 Å². The summed E-state index contributed by atoms with van der Waals surface area (Å²) < 4.78 is 13.7. The first-order valence-electron chi connectivity index (χ1n) is 5.90. The first-order chi connectivity index (χ1) is 9.49. The fourth-order valence-electron chi connectivity index (χ4n) is 2.00. The van der Waals surface area contributed by atoms with Crippen LogP contribution in [-0.4, -0.2) is 11.1 Å². The van der Waals surface area contributed by atoms with Crippen LogP contribution in [0.5, 0.6) is 0 Å². The Morgan fingerprint density at radius 1 is 1.20 bits per heavy atom. The molecule has 0 fully saturated rings. The second-order valence-electron chi connectivity index (χ2n) is 4.35. The van der Waals surface area contributed by atoms with E-state index >= 15 is 0 Å². The van der Waals surface area contributed by atoms with E-state index in [0.29, 0.717) is 21.2 Å². The minimum absolute atomic E-state index is 0.0159. The molecule has 1 N–H and O–H groups in total. The molecule has 0 saturated heterocycles. The number of halogens is 3. The minimum Gasteiger partial charge on any atom is -0.481 e. The van der Waals surface area contributed by atoms with Crippen molar-refractivity contribution in [1.82, 2.24) is 0 Å². The Kier molecular flexibility index (Phi) is 4.63. The van der Waals surface area contributed by atoms with Gasteiger partial charge in [0.2, 0.25) is 0 Å². The molecule has 0 aliphatic carbocycles. The van der Waals surface area contributed by atoms with E-state index in [1.165, 1.54) is 18.2 Å². The van der Waals surface area contributed by atoms with Gasteiger partial charge in [-0.25, -0.2) is 4.39 Å². The van der Waals surface area contributed by atoms with E-state index in [0.717, 1.165) is 0 Å². The van der Waals surface area contributed by atoms with E-state index in [1.54, 1.807) is 24.3 Å². The maximum absolute atomic E-state index is 13.7. The lowest BCUT2D eigenvalue weighted by atomic mass is 9.92. The van der Waals surface area contributed by atoms with Crippen molar-refractivity contribution in [2.45, 2.75) is 12.3 Å². The van der Waals surface area contributed by atoms with Gasteiger partial charge in [-0.15, -0.1) is 0 Å². The monoisotopic (exact) mass is 312 g/mol. The number of carboxylic acid groups (broad SMARTS) is 1. The van der Waals surface area contributed by atoms with Crippen LogP contribution in [0.25, 0.3) is 0 Å². The number of benzene rings is 2. The highest BCUT2D eigenvalue weighted by Gasteiger charge is 2.24. The quantitative estimate of drug-likeness (QED) is 0.899. The van der Waals surface area contributed by atoms with Crippen LogP contribution in [0.2, 0.25) is 10.0 Å². The van der Waals surface area contributed by atoms with Crippen LogP contribution in [0.1, 0.15) is 17.0 Å². The van der Waals surface area contributed by atoms with Crippen molar-refractivity contribution >= 4 is 29.2 Å². The first-order valence-corrected chi connectivity index (χ1v) is 6.66. The Morgan fingerprint density at radius 2 is 1.90 bits per heavy atom. The summed E-state index contributed by atoms with van der Waals surface area (Å²) in [5.41, 5.74) is 0.714. The standard InChI is InChI=1S/C15H11Cl2FO2/c16-10-5-6-13(17)11(8-10)12(15(19)20)7-9-3-1-2-4-14(9)18/h1-6,8,12H,7H2,(H,19,20). The summed E-state index contributed by atoms with van der Waals surface area (Å²) in [4.78, 5) is 11.5. The van der Waals surface area contributed by atoms with Crippen LogP contribution >= 0.6 is 23.2 Å². The zero-order valence-electron chi connectivity index (χ0n) is 10.3. The molecule has 0 heterocycles. The highest BCUT2D eigenvalue weighted by molar-refractivity contribution is 6.33. The average Bonchev–Trinajstić information content (AvgIpc) is 2.40. The lowest BCUT2D eigenvalue weighted by Gasteiger charge is -2.15. The van der Waals surface area contributed by atoms with Crippen molar-refractivity contribution in [3.05, 3.63) is 69.5 Å². The molecule has 0 aromatic heterocycles. The smallest absolute Gasteiger partial charge is 0.311 e. The molecule has 0 aliphatic heterocycles. The van der Waals surface area contributed by atoms with Gasteiger partial charge in [0.15, 0.2) is 0 Å². The summed E-state index contributed by atoms with van der Waals surface area (Å²) in [6, 6.07) is 10.7. The highest BCUT2D eigenvalue weighted by atomic mass is 35.5. The zero-order chi connectivity index (χ0) is 14.7. The van der Waals surface area contributed by atoms with Crippen LogP contribution in [0.15, 0.2) is 42.5 Å². The van der Waals surface area contributed by atoms with E-state index in [1.807, 2.05) is 0 Å². The summed E-state index contributed by atoms with van der Waals surface area (Å²) in [5.74, 6) is -2.45. The lowest BCUT2D eigenvalue weighted by molar-refractivity contribution is -0.138. The summed E-state index contributed by atoms with van der Waals surface area (Å²) in [5, 5.41) is 10.1. The number of carbonyl (C=O) groups is 1. The first kappa shape index (κ1) is 14.8. The Labute approximate surface area is 125 Å². The summed E-state index contributed by atoms with van der Waals surface area (Å²) in [6.07, 6.45) is 0.0159. The van der Waals surface area contributed by atoms with Gasteiger partial charge >= 0.3 is 5.97 Å². The average molecular weight is 313 g/mol. The summed E-state index contributed by atoms with van der Waals surface area (Å²) in [7, 11) is 0. The van der Waals surface area contributed by atoms with Crippen LogP contribution in [0, 0.1) is 5.82 Å². The SMILES string of the molecule is O=C(O)C(Cc1ccccc1F)c1cc(Cl)ccc1Cl. The van der Waals surface area contributed by atoms with Gasteiger partial charge < -0.3 is 5.11 Å².